The summed E-state index contributed by atoms with van der Waals surface area (Å²) in [6.07, 6.45) is 6.56. The van der Waals surface area contributed by atoms with Crippen molar-refractivity contribution in [2.24, 2.45) is 10.7 Å². The average molecular weight is 370 g/mol. The van der Waals surface area contributed by atoms with Gasteiger partial charge in [-0.25, -0.2) is 9.98 Å². The lowest BCUT2D eigenvalue weighted by Crippen LogP contribution is -2.32. The first-order valence-corrected chi connectivity index (χ1v) is 9.61. The second-order valence-electron chi connectivity index (χ2n) is 6.18. The number of nitrogens with one attached hydrogen (secondary N) is 1. The van der Waals surface area contributed by atoms with Crippen molar-refractivity contribution in [2.75, 3.05) is 13.2 Å². The van der Waals surface area contributed by atoms with E-state index in [9.17, 15) is 0 Å². The van der Waals surface area contributed by atoms with Crippen LogP contribution in [0.5, 0.6) is 17.4 Å². The van der Waals surface area contributed by atoms with Gasteiger partial charge in [0.25, 0.3) is 0 Å². The Morgan fingerprint density at radius 1 is 1.07 bits per heavy atom. The Balaban J connectivity index is 1.84. The van der Waals surface area contributed by atoms with Gasteiger partial charge in [0.2, 0.25) is 5.88 Å². The first-order chi connectivity index (χ1) is 13.2. The summed E-state index contributed by atoms with van der Waals surface area (Å²) in [7, 11) is 0. The zero-order valence-corrected chi connectivity index (χ0v) is 16.3. The third-order valence-electron chi connectivity index (χ3n) is 3.93. The number of aromatic nitrogens is 1. The van der Waals surface area contributed by atoms with E-state index in [0.29, 0.717) is 36.5 Å². The molecule has 0 spiro atoms. The molecule has 0 aliphatic heterocycles. The summed E-state index contributed by atoms with van der Waals surface area (Å²) >= 11 is 0. The molecule has 6 heteroatoms. The summed E-state index contributed by atoms with van der Waals surface area (Å²) in [6, 6.07) is 11.3. The maximum absolute atomic E-state index is 5.89. The molecule has 27 heavy (non-hydrogen) atoms. The van der Waals surface area contributed by atoms with Gasteiger partial charge in [0.1, 0.15) is 0 Å². The normalized spacial score (nSPS) is 11.3. The molecule has 6 nitrogen and oxygen atoms in total. The maximum Gasteiger partial charge on any atom is 0.219 e. The van der Waals surface area contributed by atoms with Gasteiger partial charge in [-0.05, 0) is 31.0 Å². The van der Waals surface area contributed by atoms with Gasteiger partial charge >= 0.3 is 0 Å². The summed E-state index contributed by atoms with van der Waals surface area (Å²) in [6.45, 7) is 6.07. The number of nitrogens with two attached hydrogens (primary N) is 1. The number of guanidine groups is 1. The van der Waals surface area contributed by atoms with Gasteiger partial charge in [0.05, 0.1) is 13.2 Å². The van der Waals surface area contributed by atoms with Crippen LogP contribution in [0.4, 0.5) is 0 Å². The summed E-state index contributed by atoms with van der Waals surface area (Å²) in [5.74, 6) is 2.33. The zero-order chi connectivity index (χ0) is 19.3. The van der Waals surface area contributed by atoms with Crippen molar-refractivity contribution in [2.45, 2.75) is 46.1 Å². The number of aliphatic imine (C=N–C) groups is 1. The van der Waals surface area contributed by atoms with Crippen LogP contribution in [0.15, 0.2) is 47.6 Å². The lowest BCUT2D eigenvalue weighted by molar-refractivity contribution is 0.319. The number of pyridine rings is 1. The van der Waals surface area contributed by atoms with Gasteiger partial charge in [0.15, 0.2) is 17.5 Å². The van der Waals surface area contributed by atoms with Crippen molar-refractivity contribution in [3.8, 4) is 17.4 Å². The molecular formula is C21H30N4O2. The molecule has 0 saturated carbocycles. The van der Waals surface area contributed by atoms with Crippen LogP contribution in [0.3, 0.4) is 0 Å². The fourth-order valence-electron chi connectivity index (χ4n) is 2.49. The first kappa shape index (κ1) is 20.6. The lowest BCUT2D eigenvalue weighted by atomic mass is 10.2. The Morgan fingerprint density at radius 2 is 1.89 bits per heavy atom. The SMILES string of the molecule is CCCCCCNC(N)=NCc1ccc(Oc2ccccc2OCC)nc1. The Kier molecular flexibility index (Phi) is 8.96. The summed E-state index contributed by atoms with van der Waals surface area (Å²) in [5.41, 5.74) is 6.86. The van der Waals surface area contributed by atoms with Gasteiger partial charge in [-0.1, -0.05) is 44.4 Å². The minimum Gasteiger partial charge on any atom is -0.490 e. The highest BCUT2D eigenvalue weighted by atomic mass is 16.5. The van der Waals surface area contributed by atoms with Crippen molar-refractivity contribution in [3.63, 3.8) is 0 Å². The van der Waals surface area contributed by atoms with Crippen LogP contribution in [0.25, 0.3) is 0 Å². The molecule has 2 rings (SSSR count). The van der Waals surface area contributed by atoms with E-state index < -0.39 is 0 Å². The fourth-order valence-corrected chi connectivity index (χ4v) is 2.49. The number of hydrogen-bond donors (Lipinski definition) is 2. The molecule has 1 heterocycles. The highest BCUT2D eigenvalue weighted by molar-refractivity contribution is 5.77. The number of unbranched alkanes of at least 4 members (excludes halogenated alkanes) is 3. The molecule has 0 atom stereocenters. The van der Waals surface area contributed by atoms with Gasteiger partial charge in [-0.3, -0.25) is 0 Å². The number of nitrogens with zero attached hydrogens (tertiary/aromatic N) is 2. The number of para-hydroxylation sites is 2. The third kappa shape index (κ3) is 7.56. The van der Waals surface area contributed by atoms with Crippen LogP contribution < -0.4 is 20.5 Å². The quantitative estimate of drug-likeness (QED) is 0.351. The number of benzene rings is 1. The van der Waals surface area contributed by atoms with E-state index in [-0.39, 0.29) is 0 Å². The van der Waals surface area contributed by atoms with Crippen molar-refractivity contribution in [1.82, 2.24) is 10.3 Å². The monoisotopic (exact) mass is 370 g/mol. The highest BCUT2D eigenvalue weighted by Gasteiger charge is 2.06. The van der Waals surface area contributed by atoms with E-state index in [0.717, 1.165) is 18.5 Å². The van der Waals surface area contributed by atoms with Crippen molar-refractivity contribution in [3.05, 3.63) is 48.2 Å². The van der Waals surface area contributed by atoms with Gasteiger partial charge in [0, 0.05) is 18.8 Å². The Labute approximate surface area is 161 Å². The Morgan fingerprint density at radius 3 is 2.59 bits per heavy atom. The minimum atomic E-state index is 0.470. The Hall–Kier alpha value is -2.76. The smallest absolute Gasteiger partial charge is 0.219 e. The first-order valence-electron chi connectivity index (χ1n) is 9.61. The molecule has 0 aliphatic carbocycles. The van der Waals surface area contributed by atoms with Gasteiger partial charge < -0.3 is 20.5 Å². The largest absolute Gasteiger partial charge is 0.490 e. The van der Waals surface area contributed by atoms with E-state index in [1.54, 1.807) is 6.20 Å². The molecule has 0 aliphatic rings. The van der Waals surface area contributed by atoms with E-state index in [2.05, 4.69) is 22.2 Å². The standard InChI is InChI=1S/C21H30N4O2/c1-3-5-6-9-14-23-21(22)25-16-17-12-13-20(24-15-17)27-19-11-8-7-10-18(19)26-4-2/h7-8,10-13,15H,3-6,9,14,16H2,1-2H3,(H3,22,23,25). The van der Waals surface area contributed by atoms with Crippen LogP contribution in [0, 0.1) is 0 Å². The molecule has 0 bridgehead atoms. The fraction of sp³-hybridized carbons (Fsp3) is 0.429. The number of hydrogen-bond acceptors (Lipinski definition) is 4. The van der Waals surface area contributed by atoms with Gasteiger partial charge in [-0.2, -0.15) is 0 Å². The molecule has 0 amide bonds. The molecule has 2 aromatic rings. The minimum absolute atomic E-state index is 0.470. The van der Waals surface area contributed by atoms with Gasteiger partial charge in [-0.15, -0.1) is 0 Å². The van der Waals surface area contributed by atoms with E-state index >= 15 is 0 Å². The predicted octanol–water partition coefficient (Wildman–Crippen LogP) is 4.26. The molecule has 0 saturated heterocycles. The number of ether oxygens (including phenoxy) is 2. The maximum atomic E-state index is 5.89. The molecule has 3 N–H and O–H groups in total. The molecular weight excluding hydrogens is 340 g/mol. The van der Waals surface area contributed by atoms with E-state index in [1.165, 1.54) is 19.3 Å². The molecule has 0 fully saturated rings. The predicted molar refractivity (Wildman–Crippen MR) is 109 cm³/mol. The topological polar surface area (TPSA) is 81.8 Å². The van der Waals surface area contributed by atoms with Crippen molar-refractivity contribution < 1.29 is 9.47 Å². The van der Waals surface area contributed by atoms with Crippen LogP contribution in [-0.4, -0.2) is 24.1 Å². The molecule has 146 valence electrons. The van der Waals surface area contributed by atoms with Crippen LogP contribution >= 0.6 is 0 Å². The average Bonchev–Trinajstić information content (AvgIpc) is 2.69. The van der Waals surface area contributed by atoms with E-state index in [4.69, 9.17) is 15.2 Å². The zero-order valence-electron chi connectivity index (χ0n) is 16.3. The molecule has 1 aromatic carbocycles. The summed E-state index contributed by atoms with van der Waals surface area (Å²) in [5, 5.41) is 3.14. The summed E-state index contributed by atoms with van der Waals surface area (Å²) < 4.78 is 11.4. The third-order valence-corrected chi connectivity index (χ3v) is 3.93. The molecule has 0 unspecified atom stereocenters. The Bertz CT molecular complexity index is 702. The van der Waals surface area contributed by atoms with Crippen LogP contribution in [-0.2, 0) is 6.54 Å². The van der Waals surface area contributed by atoms with Crippen LogP contribution in [0.2, 0.25) is 0 Å². The molecule has 1 aromatic heterocycles. The highest BCUT2D eigenvalue weighted by Crippen LogP contribution is 2.30. The van der Waals surface area contributed by atoms with Crippen molar-refractivity contribution in [1.29, 1.82) is 0 Å². The molecule has 0 radical (unpaired) electrons. The second kappa shape index (κ2) is 11.8. The second-order valence-corrected chi connectivity index (χ2v) is 6.18. The van der Waals surface area contributed by atoms with Crippen molar-refractivity contribution >= 4 is 5.96 Å². The van der Waals surface area contributed by atoms with E-state index in [1.807, 2.05) is 43.3 Å². The summed E-state index contributed by atoms with van der Waals surface area (Å²) in [4.78, 5) is 8.69. The van der Waals surface area contributed by atoms with Crippen LogP contribution in [0.1, 0.15) is 45.1 Å². The lowest BCUT2D eigenvalue weighted by Gasteiger charge is -2.10. The number of rotatable bonds is 11.